The fraction of sp³-hybridized carbons (Fsp3) is 0.583. The number of allylic oxidation sites excluding steroid dienone is 2. The maximum atomic E-state index is 10.8. The highest BCUT2D eigenvalue weighted by molar-refractivity contribution is 9.09. The molecule has 15 heavy (non-hydrogen) atoms. The fourth-order valence-corrected chi connectivity index (χ4v) is 1.21. The van der Waals surface area contributed by atoms with E-state index in [1.165, 1.54) is 7.11 Å². The Morgan fingerprint density at radius 1 is 1.60 bits per heavy atom. The second-order valence-corrected chi connectivity index (χ2v) is 3.86. The molecule has 0 saturated carbocycles. The highest BCUT2D eigenvalue weighted by atomic mass is 79.9. The van der Waals surface area contributed by atoms with Crippen LogP contribution in [0.3, 0.4) is 0 Å². The molecule has 3 heteroatoms. The minimum Gasteiger partial charge on any atom is -0.469 e. The van der Waals surface area contributed by atoms with E-state index in [1.807, 2.05) is 12.2 Å². The van der Waals surface area contributed by atoms with Gasteiger partial charge in [-0.15, -0.1) is 0 Å². The molecule has 0 aromatic heterocycles. The summed E-state index contributed by atoms with van der Waals surface area (Å²) >= 11 is 3.28. The number of hydrogen-bond acceptors (Lipinski definition) is 2. The lowest BCUT2D eigenvalue weighted by Crippen LogP contribution is -2.01. The molecule has 0 aliphatic rings. The summed E-state index contributed by atoms with van der Waals surface area (Å²) in [5.41, 5.74) is 0. The Bertz CT molecular complexity index is 261. The van der Waals surface area contributed by atoms with Crippen molar-refractivity contribution in [2.45, 2.75) is 26.2 Å². The van der Waals surface area contributed by atoms with Crippen LogP contribution in [0.2, 0.25) is 0 Å². The van der Waals surface area contributed by atoms with Crippen molar-refractivity contribution in [2.24, 2.45) is 5.92 Å². The zero-order valence-electron chi connectivity index (χ0n) is 9.25. The Hall–Kier alpha value is -0.750. The molecule has 0 radical (unpaired) electrons. The standard InChI is InChI=1S/C12H17BrO2/c1-11(7-4-3-5-10-13)8-6-9-12(14)15-2/h3,5,11H,6,8-10H2,1-2H3. The predicted molar refractivity (Wildman–Crippen MR) is 65.7 cm³/mol. The molecule has 0 aromatic rings. The molecule has 0 heterocycles. The molecule has 0 spiro atoms. The smallest absolute Gasteiger partial charge is 0.305 e. The minimum absolute atomic E-state index is 0.144. The number of alkyl halides is 1. The number of carbonyl (C=O) groups excluding carboxylic acids is 1. The molecule has 84 valence electrons. The number of rotatable bonds is 5. The van der Waals surface area contributed by atoms with E-state index >= 15 is 0 Å². The van der Waals surface area contributed by atoms with Gasteiger partial charge in [0.2, 0.25) is 0 Å². The topological polar surface area (TPSA) is 26.3 Å². The van der Waals surface area contributed by atoms with Crippen molar-refractivity contribution >= 4 is 21.9 Å². The van der Waals surface area contributed by atoms with E-state index in [1.54, 1.807) is 0 Å². The van der Waals surface area contributed by atoms with Crippen LogP contribution in [0.5, 0.6) is 0 Å². The molecular weight excluding hydrogens is 256 g/mol. The van der Waals surface area contributed by atoms with Gasteiger partial charge in [0.15, 0.2) is 0 Å². The second kappa shape index (κ2) is 9.79. The van der Waals surface area contributed by atoms with Crippen molar-refractivity contribution in [2.75, 3.05) is 12.4 Å². The molecule has 2 nitrogen and oxygen atoms in total. The zero-order valence-corrected chi connectivity index (χ0v) is 10.8. The van der Waals surface area contributed by atoms with E-state index in [2.05, 4.69) is 39.4 Å². The number of halogens is 1. The van der Waals surface area contributed by atoms with Gasteiger partial charge in [0.25, 0.3) is 0 Å². The normalized spacial score (nSPS) is 11.9. The molecule has 1 atom stereocenters. The highest BCUT2D eigenvalue weighted by Crippen LogP contribution is 2.06. The number of hydrogen-bond donors (Lipinski definition) is 0. The first kappa shape index (κ1) is 14.2. The molecule has 0 aromatic carbocycles. The SMILES string of the molecule is COC(=O)CCCC(C)C#CC=CCBr. The molecule has 1 unspecified atom stereocenters. The number of carbonyl (C=O) groups is 1. The monoisotopic (exact) mass is 272 g/mol. The van der Waals surface area contributed by atoms with Gasteiger partial charge in [0.1, 0.15) is 0 Å². The Labute approximate surface area is 100 Å². The van der Waals surface area contributed by atoms with Crippen LogP contribution in [0, 0.1) is 17.8 Å². The predicted octanol–water partition coefficient (Wildman–Crippen LogP) is 2.92. The van der Waals surface area contributed by atoms with Gasteiger partial charge >= 0.3 is 5.97 Å². The van der Waals surface area contributed by atoms with Gasteiger partial charge < -0.3 is 4.74 Å². The molecule has 0 aliphatic heterocycles. The van der Waals surface area contributed by atoms with Crippen molar-refractivity contribution in [3.05, 3.63) is 12.2 Å². The van der Waals surface area contributed by atoms with Gasteiger partial charge in [-0.2, -0.15) is 0 Å². The van der Waals surface area contributed by atoms with Crippen LogP contribution in [-0.2, 0) is 9.53 Å². The summed E-state index contributed by atoms with van der Waals surface area (Å²) in [4.78, 5) is 10.8. The lowest BCUT2D eigenvalue weighted by molar-refractivity contribution is -0.140. The van der Waals surface area contributed by atoms with Crippen LogP contribution < -0.4 is 0 Å². The summed E-state index contributed by atoms with van der Waals surface area (Å²) < 4.78 is 4.55. The Kier molecular flexibility index (Phi) is 9.30. The van der Waals surface area contributed by atoms with Gasteiger partial charge in [0, 0.05) is 17.7 Å². The fourth-order valence-electron chi connectivity index (χ4n) is 1.02. The van der Waals surface area contributed by atoms with Crippen molar-refractivity contribution in [1.82, 2.24) is 0 Å². The van der Waals surface area contributed by atoms with E-state index in [0.29, 0.717) is 12.3 Å². The maximum absolute atomic E-state index is 10.8. The molecule has 0 fully saturated rings. The third-order valence-corrected chi connectivity index (χ3v) is 2.24. The maximum Gasteiger partial charge on any atom is 0.305 e. The van der Waals surface area contributed by atoms with Crippen molar-refractivity contribution in [1.29, 1.82) is 0 Å². The number of methoxy groups -OCH3 is 1. The van der Waals surface area contributed by atoms with Gasteiger partial charge in [-0.05, 0) is 18.9 Å². The van der Waals surface area contributed by atoms with E-state index in [-0.39, 0.29) is 5.97 Å². The van der Waals surface area contributed by atoms with E-state index in [4.69, 9.17) is 0 Å². The zero-order chi connectivity index (χ0) is 11.5. The molecule has 0 amide bonds. The van der Waals surface area contributed by atoms with Gasteiger partial charge in [0.05, 0.1) is 7.11 Å². The average Bonchev–Trinajstić information content (AvgIpc) is 2.24. The third-order valence-electron chi connectivity index (χ3n) is 1.87. The lowest BCUT2D eigenvalue weighted by atomic mass is 10.1. The van der Waals surface area contributed by atoms with Crippen LogP contribution >= 0.6 is 15.9 Å². The Morgan fingerprint density at radius 3 is 2.93 bits per heavy atom. The summed E-state index contributed by atoms with van der Waals surface area (Å²) in [7, 11) is 1.41. The molecule has 0 saturated heterocycles. The number of esters is 1. The van der Waals surface area contributed by atoms with Crippen molar-refractivity contribution < 1.29 is 9.53 Å². The van der Waals surface area contributed by atoms with Crippen LogP contribution in [0.25, 0.3) is 0 Å². The van der Waals surface area contributed by atoms with Crippen LogP contribution in [-0.4, -0.2) is 18.4 Å². The van der Waals surface area contributed by atoms with Gasteiger partial charge in [-0.1, -0.05) is 40.8 Å². The van der Waals surface area contributed by atoms with E-state index in [9.17, 15) is 4.79 Å². The first-order chi connectivity index (χ1) is 7.20. The molecule has 0 aliphatic carbocycles. The Balaban J connectivity index is 3.64. The Morgan fingerprint density at radius 2 is 2.33 bits per heavy atom. The summed E-state index contributed by atoms with van der Waals surface area (Å²) in [6.45, 7) is 2.06. The van der Waals surface area contributed by atoms with Crippen LogP contribution in [0.1, 0.15) is 26.2 Å². The summed E-state index contributed by atoms with van der Waals surface area (Å²) in [6.07, 6.45) is 6.05. The molecule has 0 bridgehead atoms. The first-order valence-electron chi connectivity index (χ1n) is 4.99. The molecule has 0 N–H and O–H groups in total. The molecular formula is C12H17BrO2. The van der Waals surface area contributed by atoms with Gasteiger partial charge in [-0.3, -0.25) is 4.79 Å². The van der Waals surface area contributed by atoms with Crippen LogP contribution in [0.4, 0.5) is 0 Å². The summed E-state index contributed by atoms with van der Waals surface area (Å²) in [6, 6.07) is 0. The van der Waals surface area contributed by atoms with Crippen molar-refractivity contribution in [3.63, 3.8) is 0 Å². The average molecular weight is 273 g/mol. The minimum atomic E-state index is -0.144. The summed E-state index contributed by atoms with van der Waals surface area (Å²) in [5, 5.41) is 0.832. The largest absolute Gasteiger partial charge is 0.469 e. The summed E-state index contributed by atoms with van der Waals surface area (Å²) in [5.74, 6) is 6.25. The lowest BCUT2D eigenvalue weighted by Gasteiger charge is -2.02. The van der Waals surface area contributed by atoms with Crippen LogP contribution in [0.15, 0.2) is 12.2 Å². The van der Waals surface area contributed by atoms with Gasteiger partial charge in [-0.25, -0.2) is 0 Å². The van der Waals surface area contributed by atoms with E-state index in [0.717, 1.165) is 18.2 Å². The third kappa shape index (κ3) is 9.55. The quantitative estimate of drug-likeness (QED) is 0.437. The van der Waals surface area contributed by atoms with E-state index < -0.39 is 0 Å². The highest BCUT2D eigenvalue weighted by Gasteiger charge is 2.02. The van der Waals surface area contributed by atoms with Crippen molar-refractivity contribution in [3.8, 4) is 11.8 Å². The molecule has 0 rings (SSSR count). The first-order valence-corrected chi connectivity index (χ1v) is 6.11. The second-order valence-electron chi connectivity index (χ2n) is 3.21. The number of ether oxygens (including phenoxy) is 1.